The first-order chi connectivity index (χ1) is 10.7. The Morgan fingerprint density at radius 3 is 2.22 bits per heavy atom. The van der Waals surface area contributed by atoms with E-state index < -0.39 is 0 Å². The van der Waals surface area contributed by atoms with Crippen molar-refractivity contribution in [3.8, 4) is 0 Å². The van der Waals surface area contributed by atoms with E-state index in [0.29, 0.717) is 10.7 Å². The van der Waals surface area contributed by atoms with Crippen molar-refractivity contribution in [3.05, 3.63) is 34.5 Å². The Hall–Kier alpha value is -1.39. The number of halogens is 1. The largest absolute Gasteiger partial charge is 0.510 e. The van der Waals surface area contributed by atoms with Crippen LogP contribution in [-0.4, -0.2) is 48.8 Å². The van der Waals surface area contributed by atoms with Gasteiger partial charge in [-0.25, -0.2) is 0 Å². The molecule has 128 valence electrons. The molecule has 23 heavy (non-hydrogen) atoms. The summed E-state index contributed by atoms with van der Waals surface area (Å²) >= 11 is 6.31. The SMILES string of the molecule is CN/C(=C(\C)O)c1cc(Cl)cc(N2CCN(C(C)(C)C)CC2)c1. The standard InChI is InChI=1S/C18H28ClN3O/c1-13(23)17(20-5)14-10-15(19)12-16(11-14)21-6-8-22(9-7-21)18(2,3)4/h10-12,20,23H,6-9H2,1-5H3/b17-13+. The van der Waals surface area contributed by atoms with Crippen LogP contribution in [0.3, 0.4) is 0 Å². The summed E-state index contributed by atoms with van der Waals surface area (Å²) in [6.07, 6.45) is 0. The fraction of sp³-hybridized carbons (Fsp3) is 0.556. The first-order valence-corrected chi connectivity index (χ1v) is 8.48. The van der Waals surface area contributed by atoms with E-state index >= 15 is 0 Å². The highest BCUT2D eigenvalue weighted by Gasteiger charge is 2.26. The van der Waals surface area contributed by atoms with Gasteiger partial charge in [-0.3, -0.25) is 4.90 Å². The molecular formula is C18H28ClN3O. The molecule has 0 bridgehead atoms. The summed E-state index contributed by atoms with van der Waals surface area (Å²) in [5.41, 5.74) is 2.94. The highest BCUT2D eigenvalue weighted by molar-refractivity contribution is 6.31. The molecule has 1 fully saturated rings. The first-order valence-electron chi connectivity index (χ1n) is 8.11. The smallest absolute Gasteiger partial charge is 0.113 e. The summed E-state index contributed by atoms with van der Waals surface area (Å²) in [5.74, 6) is 0.262. The first kappa shape index (κ1) is 18.0. The van der Waals surface area contributed by atoms with Crippen molar-refractivity contribution in [3.63, 3.8) is 0 Å². The third kappa shape index (κ3) is 4.33. The second-order valence-electron chi connectivity index (χ2n) is 7.05. The highest BCUT2D eigenvalue weighted by atomic mass is 35.5. The molecule has 0 amide bonds. The Bertz CT molecular complexity index is 580. The molecule has 2 N–H and O–H groups in total. The van der Waals surface area contributed by atoms with Gasteiger partial charge in [-0.2, -0.15) is 0 Å². The number of anilines is 1. The lowest BCUT2D eigenvalue weighted by atomic mass is 10.0. The fourth-order valence-electron chi connectivity index (χ4n) is 3.07. The number of piperazine rings is 1. The topological polar surface area (TPSA) is 38.7 Å². The van der Waals surface area contributed by atoms with Gasteiger partial charge in [-0.15, -0.1) is 0 Å². The molecule has 1 saturated heterocycles. The Morgan fingerprint density at radius 2 is 1.74 bits per heavy atom. The Kier molecular flexibility index (Phi) is 5.48. The minimum atomic E-state index is 0.210. The van der Waals surface area contributed by atoms with E-state index in [1.54, 1.807) is 14.0 Å². The normalized spacial score (nSPS) is 17.9. The predicted molar refractivity (Wildman–Crippen MR) is 99.3 cm³/mol. The van der Waals surface area contributed by atoms with Gasteiger partial charge in [0.1, 0.15) is 5.76 Å². The fourth-order valence-corrected chi connectivity index (χ4v) is 3.30. The van der Waals surface area contributed by atoms with Gasteiger partial charge < -0.3 is 15.3 Å². The minimum absolute atomic E-state index is 0.210. The Morgan fingerprint density at radius 1 is 1.13 bits per heavy atom. The Labute approximate surface area is 144 Å². The van der Waals surface area contributed by atoms with Crippen LogP contribution in [0.2, 0.25) is 5.02 Å². The van der Waals surface area contributed by atoms with E-state index in [9.17, 15) is 5.11 Å². The quantitative estimate of drug-likeness (QED) is 0.824. The van der Waals surface area contributed by atoms with Crippen LogP contribution in [0.5, 0.6) is 0 Å². The lowest BCUT2D eigenvalue weighted by molar-refractivity contribution is 0.128. The number of benzene rings is 1. The number of nitrogens with one attached hydrogen (secondary N) is 1. The van der Waals surface area contributed by atoms with Crippen LogP contribution in [0.15, 0.2) is 24.0 Å². The summed E-state index contributed by atoms with van der Waals surface area (Å²) in [6, 6.07) is 5.96. The number of hydrogen-bond donors (Lipinski definition) is 2. The molecule has 0 spiro atoms. The molecule has 0 saturated carbocycles. The van der Waals surface area contributed by atoms with Crippen molar-refractivity contribution >= 4 is 23.0 Å². The van der Waals surface area contributed by atoms with Gasteiger partial charge in [-0.05, 0) is 45.9 Å². The zero-order valence-electron chi connectivity index (χ0n) is 14.8. The van der Waals surface area contributed by atoms with Gasteiger partial charge in [0, 0.05) is 55.0 Å². The number of rotatable bonds is 3. The summed E-state index contributed by atoms with van der Waals surface area (Å²) < 4.78 is 0. The molecule has 0 radical (unpaired) electrons. The molecule has 0 atom stereocenters. The lowest BCUT2D eigenvalue weighted by Gasteiger charge is -2.43. The van der Waals surface area contributed by atoms with Crippen LogP contribution >= 0.6 is 11.6 Å². The van der Waals surface area contributed by atoms with Crippen molar-refractivity contribution in [2.24, 2.45) is 0 Å². The van der Waals surface area contributed by atoms with Crippen LogP contribution in [0.1, 0.15) is 33.3 Å². The molecule has 0 aromatic heterocycles. The van der Waals surface area contributed by atoms with Crippen molar-refractivity contribution in [1.82, 2.24) is 10.2 Å². The van der Waals surface area contributed by atoms with Crippen LogP contribution in [0.4, 0.5) is 5.69 Å². The summed E-state index contributed by atoms with van der Waals surface area (Å²) in [6.45, 7) is 12.5. The number of hydrogen-bond acceptors (Lipinski definition) is 4. The molecular weight excluding hydrogens is 310 g/mol. The van der Waals surface area contributed by atoms with E-state index in [1.165, 1.54) is 0 Å². The van der Waals surface area contributed by atoms with Gasteiger partial charge in [0.15, 0.2) is 0 Å². The number of nitrogens with zero attached hydrogens (tertiary/aromatic N) is 2. The number of aliphatic hydroxyl groups is 1. The van der Waals surface area contributed by atoms with Crippen molar-refractivity contribution in [1.29, 1.82) is 0 Å². The molecule has 0 aliphatic carbocycles. The van der Waals surface area contributed by atoms with Gasteiger partial charge in [0.25, 0.3) is 0 Å². The van der Waals surface area contributed by atoms with Crippen molar-refractivity contribution in [2.45, 2.75) is 33.2 Å². The minimum Gasteiger partial charge on any atom is -0.510 e. The monoisotopic (exact) mass is 337 g/mol. The second kappa shape index (κ2) is 7.02. The van der Waals surface area contributed by atoms with E-state index in [2.05, 4.69) is 42.0 Å². The second-order valence-corrected chi connectivity index (χ2v) is 7.49. The zero-order valence-corrected chi connectivity index (χ0v) is 15.5. The average molecular weight is 338 g/mol. The number of aliphatic hydroxyl groups excluding tert-OH is 1. The lowest BCUT2D eigenvalue weighted by Crippen LogP contribution is -2.53. The third-order valence-corrected chi connectivity index (χ3v) is 4.59. The highest BCUT2D eigenvalue weighted by Crippen LogP contribution is 2.28. The maximum absolute atomic E-state index is 9.84. The average Bonchev–Trinajstić information content (AvgIpc) is 2.46. The van der Waals surface area contributed by atoms with Crippen LogP contribution in [-0.2, 0) is 0 Å². The molecule has 1 heterocycles. The summed E-state index contributed by atoms with van der Waals surface area (Å²) in [5, 5.41) is 13.6. The third-order valence-electron chi connectivity index (χ3n) is 4.38. The van der Waals surface area contributed by atoms with E-state index in [0.717, 1.165) is 37.4 Å². The molecule has 0 unspecified atom stereocenters. The summed E-state index contributed by atoms with van der Waals surface area (Å²) in [4.78, 5) is 4.86. The maximum atomic E-state index is 9.84. The molecule has 1 aromatic rings. The Balaban J connectivity index is 2.22. The van der Waals surface area contributed by atoms with Gasteiger partial charge in [-0.1, -0.05) is 11.6 Å². The van der Waals surface area contributed by atoms with Gasteiger partial charge >= 0.3 is 0 Å². The molecule has 5 heteroatoms. The van der Waals surface area contributed by atoms with Crippen LogP contribution in [0.25, 0.3) is 5.70 Å². The van der Waals surface area contributed by atoms with E-state index in [1.807, 2.05) is 12.1 Å². The van der Waals surface area contributed by atoms with Gasteiger partial charge in [0.2, 0.25) is 0 Å². The summed E-state index contributed by atoms with van der Waals surface area (Å²) in [7, 11) is 1.80. The van der Waals surface area contributed by atoms with E-state index in [-0.39, 0.29) is 11.3 Å². The maximum Gasteiger partial charge on any atom is 0.113 e. The predicted octanol–water partition coefficient (Wildman–Crippen LogP) is 3.73. The molecule has 4 nitrogen and oxygen atoms in total. The van der Waals surface area contributed by atoms with Crippen molar-refractivity contribution < 1.29 is 5.11 Å². The number of allylic oxidation sites excluding steroid dienone is 1. The van der Waals surface area contributed by atoms with E-state index in [4.69, 9.17) is 11.6 Å². The molecule has 1 aromatic carbocycles. The molecule has 1 aliphatic rings. The van der Waals surface area contributed by atoms with Crippen molar-refractivity contribution in [2.75, 3.05) is 38.1 Å². The van der Waals surface area contributed by atoms with Crippen LogP contribution < -0.4 is 10.2 Å². The van der Waals surface area contributed by atoms with Gasteiger partial charge in [0.05, 0.1) is 5.70 Å². The zero-order chi connectivity index (χ0) is 17.2. The molecule has 1 aliphatic heterocycles. The molecule has 2 rings (SSSR count). The van der Waals surface area contributed by atoms with Crippen LogP contribution in [0, 0.1) is 0 Å².